The van der Waals surface area contributed by atoms with Gasteiger partial charge in [-0.15, -0.1) is 0 Å². The average molecular weight is 299 g/mol. The third-order valence-corrected chi connectivity index (χ3v) is 4.04. The van der Waals surface area contributed by atoms with Crippen LogP contribution in [0.5, 0.6) is 0 Å². The number of nitrogens with one attached hydrogen (secondary N) is 2. The van der Waals surface area contributed by atoms with Gasteiger partial charge in [-0.25, -0.2) is 9.59 Å². The molecule has 7 nitrogen and oxygen atoms in total. The number of primary amides is 1. The van der Waals surface area contributed by atoms with E-state index >= 15 is 0 Å². The SMILES string of the molecule is CCC1CCC(NC(=O)N[C@@H](CCC(N)=O)C(=O)O)CC1. The zero-order valence-electron chi connectivity index (χ0n) is 12.4. The van der Waals surface area contributed by atoms with Gasteiger partial charge in [0.2, 0.25) is 5.91 Å². The summed E-state index contributed by atoms with van der Waals surface area (Å²) in [7, 11) is 0. The largest absolute Gasteiger partial charge is 0.480 e. The molecule has 0 aromatic rings. The molecule has 3 amide bonds. The minimum atomic E-state index is -1.17. The molecule has 120 valence electrons. The Labute approximate surface area is 124 Å². The normalized spacial score (nSPS) is 23.1. The zero-order chi connectivity index (χ0) is 15.8. The Morgan fingerprint density at radius 3 is 2.33 bits per heavy atom. The molecule has 0 heterocycles. The highest BCUT2D eigenvalue weighted by atomic mass is 16.4. The third-order valence-electron chi connectivity index (χ3n) is 4.04. The average Bonchev–Trinajstić information content (AvgIpc) is 2.43. The lowest BCUT2D eigenvalue weighted by Gasteiger charge is -2.28. The summed E-state index contributed by atoms with van der Waals surface area (Å²) in [6.45, 7) is 2.17. The van der Waals surface area contributed by atoms with Crippen LogP contribution < -0.4 is 16.4 Å². The van der Waals surface area contributed by atoms with Gasteiger partial charge in [-0.2, -0.15) is 0 Å². The molecule has 1 rings (SSSR count). The van der Waals surface area contributed by atoms with Gasteiger partial charge in [0.1, 0.15) is 6.04 Å². The fourth-order valence-electron chi connectivity index (χ4n) is 2.64. The number of nitrogens with two attached hydrogens (primary N) is 1. The molecule has 0 saturated heterocycles. The first-order valence-corrected chi connectivity index (χ1v) is 7.50. The Morgan fingerprint density at radius 2 is 1.86 bits per heavy atom. The van der Waals surface area contributed by atoms with E-state index in [1.54, 1.807) is 0 Å². The summed E-state index contributed by atoms with van der Waals surface area (Å²) in [4.78, 5) is 33.5. The van der Waals surface area contributed by atoms with Crippen LogP contribution in [0.25, 0.3) is 0 Å². The second kappa shape index (κ2) is 8.49. The van der Waals surface area contributed by atoms with E-state index in [0.717, 1.165) is 38.0 Å². The molecule has 0 radical (unpaired) electrons. The van der Waals surface area contributed by atoms with Crippen LogP contribution in [-0.2, 0) is 9.59 Å². The van der Waals surface area contributed by atoms with Gasteiger partial charge < -0.3 is 21.5 Å². The number of rotatable bonds is 7. The first-order chi connectivity index (χ1) is 9.92. The highest BCUT2D eigenvalue weighted by molar-refractivity contribution is 5.83. The number of hydrogen-bond donors (Lipinski definition) is 4. The van der Waals surface area contributed by atoms with Crippen molar-refractivity contribution >= 4 is 17.9 Å². The number of aliphatic carboxylic acids is 1. The summed E-state index contributed by atoms with van der Waals surface area (Å²) in [6.07, 6.45) is 5.11. The summed E-state index contributed by atoms with van der Waals surface area (Å²) in [6, 6.07) is -1.49. The first kappa shape index (κ1) is 17.3. The van der Waals surface area contributed by atoms with E-state index in [4.69, 9.17) is 10.8 Å². The molecule has 21 heavy (non-hydrogen) atoms. The molecule has 1 aliphatic rings. The molecule has 7 heteroatoms. The number of carboxylic acids is 1. The van der Waals surface area contributed by atoms with Crippen molar-refractivity contribution in [3.05, 3.63) is 0 Å². The molecule has 5 N–H and O–H groups in total. The number of urea groups is 1. The molecule has 0 unspecified atom stereocenters. The van der Waals surface area contributed by atoms with Gasteiger partial charge in [-0.3, -0.25) is 4.79 Å². The highest BCUT2D eigenvalue weighted by Crippen LogP contribution is 2.26. The second-order valence-corrected chi connectivity index (χ2v) is 5.64. The number of carboxylic acid groups (broad SMARTS) is 1. The van der Waals surface area contributed by atoms with Crippen LogP contribution in [0.2, 0.25) is 0 Å². The maximum atomic E-state index is 11.8. The summed E-state index contributed by atoms with van der Waals surface area (Å²) < 4.78 is 0. The van der Waals surface area contributed by atoms with E-state index in [9.17, 15) is 14.4 Å². The van der Waals surface area contributed by atoms with Gasteiger partial charge in [0, 0.05) is 12.5 Å². The Morgan fingerprint density at radius 1 is 1.24 bits per heavy atom. The lowest BCUT2D eigenvalue weighted by atomic mass is 9.85. The van der Waals surface area contributed by atoms with Gasteiger partial charge >= 0.3 is 12.0 Å². The number of carbonyl (C=O) groups excluding carboxylic acids is 2. The molecule has 0 spiro atoms. The van der Waals surface area contributed by atoms with Crippen LogP contribution >= 0.6 is 0 Å². The van der Waals surface area contributed by atoms with E-state index in [1.165, 1.54) is 0 Å². The summed E-state index contributed by atoms with van der Waals surface area (Å²) in [5.74, 6) is -1.02. The van der Waals surface area contributed by atoms with Crippen LogP contribution in [0.4, 0.5) is 4.79 Å². The third kappa shape index (κ3) is 6.46. The molecule has 0 aromatic carbocycles. The van der Waals surface area contributed by atoms with Crippen LogP contribution in [0.3, 0.4) is 0 Å². The van der Waals surface area contributed by atoms with Crippen molar-refractivity contribution < 1.29 is 19.5 Å². The van der Waals surface area contributed by atoms with Crippen molar-refractivity contribution in [1.82, 2.24) is 10.6 Å². The van der Waals surface area contributed by atoms with E-state index in [0.29, 0.717) is 0 Å². The maximum Gasteiger partial charge on any atom is 0.326 e. The summed E-state index contributed by atoms with van der Waals surface area (Å²) in [5, 5.41) is 14.2. The Bertz CT molecular complexity index is 378. The van der Waals surface area contributed by atoms with E-state index in [-0.39, 0.29) is 18.9 Å². The van der Waals surface area contributed by atoms with Crippen molar-refractivity contribution in [2.24, 2.45) is 11.7 Å². The minimum Gasteiger partial charge on any atom is -0.480 e. The predicted molar refractivity (Wildman–Crippen MR) is 77.6 cm³/mol. The fourth-order valence-corrected chi connectivity index (χ4v) is 2.64. The number of carbonyl (C=O) groups is 3. The van der Waals surface area contributed by atoms with Crippen LogP contribution in [0.1, 0.15) is 51.9 Å². The lowest BCUT2D eigenvalue weighted by Crippen LogP contribution is -2.49. The quantitative estimate of drug-likeness (QED) is 0.559. The monoisotopic (exact) mass is 299 g/mol. The van der Waals surface area contributed by atoms with E-state index in [2.05, 4.69) is 17.6 Å². The standard InChI is InChI=1S/C14H25N3O4/c1-2-9-3-5-10(6-4-9)16-14(21)17-11(13(19)20)7-8-12(15)18/h9-11H,2-8H2,1H3,(H2,15,18)(H,19,20)(H2,16,17,21)/t9?,10?,11-/m0/s1. The van der Waals surface area contributed by atoms with Gasteiger partial charge in [-0.05, 0) is 38.0 Å². The van der Waals surface area contributed by atoms with Gasteiger partial charge in [-0.1, -0.05) is 13.3 Å². The molecular formula is C14H25N3O4. The van der Waals surface area contributed by atoms with Crippen molar-refractivity contribution in [2.45, 2.75) is 64.0 Å². The Kier molecular flexibility index (Phi) is 6.98. The van der Waals surface area contributed by atoms with Gasteiger partial charge in [0.25, 0.3) is 0 Å². The Hall–Kier alpha value is -1.79. The molecule has 1 fully saturated rings. The smallest absolute Gasteiger partial charge is 0.326 e. The van der Waals surface area contributed by atoms with Crippen molar-refractivity contribution in [2.75, 3.05) is 0 Å². The fraction of sp³-hybridized carbons (Fsp3) is 0.786. The molecule has 1 atom stereocenters. The summed E-state index contributed by atoms with van der Waals surface area (Å²) in [5.41, 5.74) is 4.99. The van der Waals surface area contributed by atoms with Crippen molar-refractivity contribution in [3.63, 3.8) is 0 Å². The highest BCUT2D eigenvalue weighted by Gasteiger charge is 2.24. The van der Waals surface area contributed by atoms with E-state index < -0.39 is 23.9 Å². The minimum absolute atomic E-state index is 0.000657. The lowest BCUT2D eigenvalue weighted by molar-refractivity contribution is -0.139. The maximum absolute atomic E-state index is 11.8. The predicted octanol–water partition coefficient (Wildman–Crippen LogP) is 0.973. The number of amides is 3. The molecule has 0 bridgehead atoms. The second-order valence-electron chi connectivity index (χ2n) is 5.64. The Balaban J connectivity index is 2.36. The van der Waals surface area contributed by atoms with Crippen molar-refractivity contribution in [1.29, 1.82) is 0 Å². The van der Waals surface area contributed by atoms with Gasteiger partial charge in [0.15, 0.2) is 0 Å². The first-order valence-electron chi connectivity index (χ1n) is 7.50. The van der Waals surface area contributed by atoms with E-state index in [1.807, 2.05) is 0 Å². The molecule has 1 aliphatic carbocycles. The molecule has 0 aliphatic heterocycles. The topological polar surface area (TPSA) is 122 Å². The molecule has 0 aromatic heterocycles. The van der Waals surface area contributed by atoms with Gasteiger partial charge in [0.05, 0.1) is 0 Å². The molecule has 1 saturated carbocycles. The van der Waals surface area contributed by atoms with Crippen molar-refractivity contribution in [3.8, 4) is 0 Å². The van der Waals surface area contributed by atoms with Crippen LogP contribution in [0.15, 0.2) is 0 Å². The zero-order valence-corrected chi connectivity index (χ0v) is 12.4. The summed E-state index contributed by atoms with van der Waals surface area (Å²) >= 11 is 0. The van der Waals surface area contributed by atoms with Crippen LogP contribution in [-0.4, -0.2) is 35.1 Å². The molecular weight excluding hydrogens is 274 g/mol. The number of hydrogen-bond acceptors (Lipinski definition) is 3. The van der Waals surface area contributed by atoms with Crippen LogP contribution in [0, 0.1) is 5.92 Å².